The van der Waals surface area contributed by atoms with Gasteiger partial charge in [-0.15, -0.1) is 0 Å². The lowest BCUT2D eigenvalue weighted by Gasteiger charge is -2.11. The molecule has 1 aliphatic heterocycles. The van der Waals surface area contributed by atoms with Crippen molar-refractivity contribution < 1.29 is 19.1 Å². The second-order valence-corrected chi connectivity index (χ2v) is 5.58. The van der Waals surface area contributed by atoms with Crippen LogP contribution >= 0.6 is 0 Å². The van der Waals surface area contributed by atoms with Crippen molar-refractivity contribution in [2.75, 3.05) is 6.79 Å². The number of hydrogen-bond acceptors (Lipinski definition) is 4. The molecule has 1 heterocycles. The molecule has 2 aromatic carbocycles. The number of allylic oxidation sites excluding steroid dienone is 2. The van der Waals surface area contributed by atoms with Crippen molar-refractivity contribution in [3.63, 3.8) is 0 Å². The number of ketones is 1. The van der Waals surface area contributed by atoms with Gasteiger partial charge in [0.2, 0.25) is 6.79 Å². The van der Waals surface area contributed by atoms with Crippen molar-refractivity contribution in [3.05, 3.63) is 71.8 Å². The maximum absolute atomic E-state index is 12.3. The molecule has 4 heteroatoms. The predicted octanol–water partition coefficient (Wildman–Crippen LogP) is 3.92. The van der Waals surface area contributed by atoms with E-state index in [1.807, 2.05) is 36.4 Å². The molecule has 122 valence electrons. The molecule has 0 amide bonds. The zero-order chi connectivity index (χ0) is 16.8. The second-order valence-electron chi connectivity index (χ2n) is 5.58. The Kier molecular flexibility index (Phi) is 5.06. The molecular weight excluding hydrogens is 304 g/mol. The van der Waals surface area contributed by atoms with E-state index in [1.165, 1.54) is 0 Å². The van der Waals surface area contributed by atoms with E-state index in [1.54, 1.807) is 24.3 Å². The maximum Gasteiger partial charge on any atom is 0.231 e. The number of fused-ring (bicyclic) bond motifs is 1. The summed E-state index contributed by atoms with van der Waals surface area (Å²) in [6, 6.07) is 15.0. The Balaban J connectivity index is 1.66. The van der Waals surface area contributed by atoms with Gasteiger partial charge in [0.15, 0.2) is 17.3 Å². The highest BCUT2D eigenvalue weighted by molar-refractivity contribution is 6.04. The third-order valence-corrected chi connectivity index (χ3v) is 4.00. The fraction of sp³-hybridized carbons (Fsp3) is 0.200. The summed E-state index contributed by atoms with van der Waals surface area (Å²) < 4.78 is 10.5. The first-order chi connectivity index (χ1) is 11.8. The van der Waals surface area contributed by atoms with Crippen molar-refractivity contribution >= 4 is 12.1 Å². The first-order valence-electron chi connectivity index (χ1n) is 7.87. The van der Waals surface area contributed by atoms with Crippen LogP contribution in [0, 0.1) is 0 Å². The van der Waals surface area contributed by atoms with Gasteiger partial charge in [0.25, 0.3) is 0 Å². The van der Waals surface area contributed by atoms with Crippen molar-refractivity contribution in [1.29, 1.82) is 0 Å². The van der Waals surface area contributed by atoms with E-state index in [9.17, 15) is 9.59 Å². The molecule has 0 N–H and O–H groups in total. The number of hydrogen-bond donors (Lipinski definition) is 0. The molecular formula is C20H18O4. The molecule has 1 atom stereocenters. The molecule has 0 saturated heterocycles. The topological polar surface area (TPSA) is 52.6 Å². The average molecular weight is 322 g/mol. The van der Waals surface area contributed by atoms with Gasteiger partial charge >= 0.3 is 0 Å². The van der Waals surface area contributed by atoms with E-state index in [0.717, 1.165) is 11.8 Å². The summed E-state index contributed by atoms with van der Waals surface area (Å²) in [5.41, 5.74) is 1.66. The molecule has 0 radical (unpaired) electrons. The molecule has 0 aromatic heterocycles. The molecule has 3 rings (SSSR count). The van der Waals surface area contributed by atoms with E-state index >= 15 is 0 Å². The van der Waals surface area contributed by atoms with Gasteiger partial charge in [0.1, 0.15) is 6.29 Å². The van der Waals surface area contributed by atoms with Crippen LogP contribution in [0.5, 0.6) is 11.5 Å². The first kappa shape index (κ1) is 16.0. The summed E-state index contributed by atoms with van der Waals surface area (Å²) in [7, 11) is 0. The standard InChI is InChI=1S/C20H18O4/c21-12-11-16(15-5-2-1-3-6-15)7-4-8-18(22)17-9-10-19-20(13-17)24-14-23-19/h1-6,8-10,12-13,16H,7,11,14H2/b8-4+/t16-/m1/s1. The number of carbonyl (C=O) groups excluding carboxylic acids is 2. The minimum atomic E-state index is -0.0915. The van der Waals surface area contributed by atoms with Crippen LogP contribution in [0.1, 0.15) is 34.7 Å². The molecule has 0 unspecified atom stereocenters. The molecule has 4 nitrogen and oxygen atoms in total. The maximum atomic E-state index is 12.3. The zero-order valence-corrected chi connectivity index (χ0v) is 13.2. The largest absolute Gasteiger partial charge is 0.454 e. The van der Waals surface area contributed by atoms with E-state index in [2.05, 4.69) is 0 Å². The normalized spacial score (nSPS) is 13.8. The van der Waals surface area contributed by atoms with Gasteiger partial charge in [-0.2, -0.15) is 0 Å². The summed E-state index contributed by atoms with van der Waals surface area (Å²) in [4.78, 5) is 23.2. The van der Waals surface area contributed by atoms with Crippen LogP contribution in [0.4, 0.5) is 0 Å². The summed E-state index contributed by atoms with van der Waals surface area (Å²) in [5, 5.41) is 0. The molecule has 0 fully saturated rings. The van der Waals surface area contributed by atoms with E-state index in [0.29, 0.717) is 29.9 Å². The number of ether oxygens (including phenoxy) is 2. The Hall–Kier alpha value is -2.88. The molecule has 0 saturated carbocycles. The Morgan fingerprint density at radius 3 is 2.62 bits per heavy atom. The molecule has 0 spiro atoms. The summed E-state index contributed by atoms with van der Waals surface area (Å²) in [6.07, 6.45) is 5.38. The van der Waals surface area contributed by atoms with Crippen LogP contribution < -0.4 is 9.47 Å². The minimum Gasteiger partial charge on any atom is -0.454 e. The predicted molar refractivity (Wildman–Crippen MR) is 90.5 cm³/mol. The lowest BCUT2D eigenvalue weighted by Crippen LogP contribution is -1.99. The highest BCUT2D eigenvalue weighted by atomic mass is 16.7. The van der Waals surface area contributed by atoms with Gasteiger partial charge < -0.3 is 14.3 Å². The molecule has 0 bridgehead atoms. The Labute approximate surface area is 140 Å². The number of aldehydes is 1. The monoisotopic (exact) mass is 322 g/mol. The van der Waals surface area contributed by atoms with Gasteiger partial charge in [-0.05, 0) is 42.2 Å². The third kappa shape index (κ3) is 3.71. The van der Waals surface area contributed by atoms with Crippen LogP contribution in [0.25, 0.3) is 0 Å². The van der Waals surface area contributed by atoms with E-state index in [4.69, 9.17) is 9.47 Å². The van der Waals surface area contributed by atoms with Crippen LogP contribution in [0.2, 0.25) is 0 Å². The Bertz CT molecular complexity index is 749. The van der Waals surface area contributed by atoms with Crippen LogP contribution in [-0.4, -0.2) is 18.9 Å². The first-order valence-corrected chi connectivity index (χ1v) is 7.87. The highest BCUT2D eigenvalue weighted by Crippen LogP contribution is 2.32. The SMILES string of the molecule is O=CC[C@@H](C/C=C/C(=O)c1ccc2c(c1)OCO2)c1ccccc1. The van der Waals surface area contributed by atoms with Gasteiger partial charge in [-0.3, -0.25) is 4.79 Å². The van der Waals surface area contributed by atoms with Gasteiger partial charge in [0.05, 0.1) is 0 Å². The van der Waals surface area contributed by atoms with Crippen molar-refractivity contribution in [1.82, 2.24) is 0 Å². The van der Waals surface area contributed by atoms with Crippen LogP contribution in [-0.2, 0) is 4.79 Å². The van der Waals surface area contributed by atoms with Crippen molar-refractivity contribution in [2.45, 2.75) is 18.8 Å². The van der Waals surface area contributed by atoms with E-state index in [-0.39, 0.29) is 18.5 Å². The van der Waals surface area contributed by atoms with Crippen molar-refractivity contribution in [2.24, 2.45) is 0 Å². The molecule has 2 aromatic rings. The number of carbonyl (C=O) groups is 2. The Morgan fingerprint density at radius 2 is 1.83 bits per heavy atom. The molecule has 0 aliphatic carbocycles. The smallest absolute Gasteiger partial charge is 0.231 e. The Morgan fingerprint density at radius 1 is 1.04 bits per heavy atom. The lowest BCUT2D eigenvalue weighted by molar-refractivity contribution is -0.108. The second kappa shape index (κ2) is 7.59. The fourth-order valence-electron chi connectivity index (χ4n) is 2.70. The van der Waals surface area contributed by atoms with Crippen molar-refractivity contribution in [3.8, 4) is 11.5 Å². The fourth-order valence-corrected chi connectivity index (χ4v) is 2.70. The zero-order valence-electron chi connectivity index (χ0n) is 13.2. The van der Waals surface area contributed by atoms with Gasteiger partial charge in [-0.1, -0.05) is 36.4 Å². The third-order valence-electron chi connectivity index (χ3n) is 4.00. The minimum absolute atomic E-state index is 0.0875. The lowest BCUT2D eigenvalue weighted by atomic mass is 9.92. The van der Waals surface area contributed by atoms with Gasteiger partial charge in [-0.25, -0.2) is 0 Å². The van der Waals surface area contributed by atoms with Crippen LogP contribution in [0.15, 0.2) is 60.7 Å². The summed E-state index contributed by atoms with van der Waals surface area (Å²) in [6.45, 7) is 0.188. The summed E-state index contributed by atoms with van der Waals surface area (Å²) in [5.74, 6) is 1.25. The average Bonchev–Trinajstić information content (AvgIpc) is 3.09. The highest BCUT2D eigenvalue weighted by Gasteiger charge is 2.15. The summed E-state index contributed by atoms with van der Waals surface area (Å²) >= 11 is 0. The van der Waals surface area contributed by atoms with Crippen LogP contribution in [0.3, 0.4) is 0 Å². The van der Waals surface area contributed by atoms with Gasteiger partial charge in [0, 0.05) is 12.0 Å². The molecule has 24 heavy (non-hydrogen) atoms. The van der Waals surface area contributed by atoms with E-state index < -0.39 is 0 Å². The number of benzene rings is 2. The molecule has 1 aliphatic rings. The number of rotatable bonds is 7. The quantitative estimate of drug-likeness (QED) is 0.440.